The van der Waals surface area contributed by atoms with Gasteiger partial charge in [-0.1, -0.05) is 15.9 Å². The molecule has 1 aromatic carbocycles. The molecule has 0 bridgehead atoms. The number of aliphatic imine (C=N–C) groups is 1. The minimum Gasteiger partial charge on any atom is -0.412 e. The second kappa shape index (κ2) is 4.74. The summed E-state index contributed by atoms with van der Waals surface area (Å²) < 4.78 is 1.01. The lowest BCUT2D eigenvalue weighted by Gasteiger charge is -1.93. The van der Waals surface area contributed by atoms with Gasteiger partial charge in [0.15, 0.2) is 5.96 Å². The Labute approximate surface area is 78.7 Å². The van der Waals surface area contributed by atoms with Gasteiger partial charge in [0.1, 0.15) is 0 Å². The lowest BCUT2D eigenvalue weighted by molar-refractivity contribution is 0.824. The van der Waals surface area contributed by atoms with Gasteiger partial charge < -0.3 is 16.9 Å². The van der Waals surface area contributed by atoms with E-state index >= 15 is 0 Å². The van der Waals surface area contributed by atoms with Crippen LogP contribution in [0.5, 0.6) is 0 Å². The van der Waals surface area contributed by atoms with Crippen LogP contribution in [0.1, 0.15) is 0 Å². The molecular weight excluding hydrogens is 222 g/mol. The van der Waals surface area contributed by atoms with Crippen LogP contribution >= 0.6 is 15.9 Å². The Balaban J connectivity index is 0.00000121. The standard InChI is InChI=1S/C7H8BrN3.H2O/c8-5-1-3-6(4-2-5)11-7(9)10;/h1-4H,(H4,9,10,11);1H2. The zero-order chi connectivity index (χ0) is 8.27. The third-order valence-electron chi connectivity index (χ3n) is 1.08. The van der Waals surface area contributed by atoms with E-state index in [-0.39, 0.29) is 11.4 Å². The van der Waals surface area contributed by atoms with Crippen LogP contribution in [0.15, 0.2) is 33.7 Å². The van der Waals surface area contributed by atoms with Gasteiger partial charge in [-0.3, -0.25) is 0 Å². The molecule has 1 aromatic rings. The molecule has 0 amide bonds. The topological polar surface area (TPSA) is 95.9 Å². The average Bonchev–Trinajstić information content (AvgIpc) is 1.93. The van der Waals surface area contributed by atoms with Crippen LogP contribution in [0.25, 0.3) is 0 Å². The first kappa shape index (κ1) is 10.9. The average molecular weight is 232 g/mol. The van der Waals surface area contributed by atoms with E-state index in [0.29, 0.717) is 0 Å². The molecule has 0 saturated carbocycles. The summed E-state index contributed by atoms with van der Waals surface area (Å²) in [5.74, 6) is 0.0762. The lowest BCUT2D eigenvalue weighted by atomic mass is 10.3. The smallest absolute Gasteiger partial charge is 0.191 e. The highest BCUT2D eigenvalue weighted by molar-refractivity contribution is 9.10. The molecule has 0 heterocycles. The molecule has 0 radical (unpaired) electrons. The van der Waals surface area contributed by atoms with Crippen LogP contribution in [-0.2, 0) is 0 Å². The van der Waals surface area contributed by atoms with Gasteiger partial charge in [0.2, 0.25) is 0 Å². The highest BCUT2D eigenvalue weighted by Crippen LogP contribution is 2.15. The van der Waals surface area contributed by atoms with E-state index in [0.717, 1.165) is 10.2 Å². The zero-order valence-corrected chi connectivity index (χ0v) is 7.88. The predicted octanol–water partition coefficient (Wildman–Crippen LogP) is 0.529. The van der Waals surface area contributed by atoms with Crippen molar-refractivity contribution in [3.63, 3.8) is 0 Å². The second-order valence-electron chi connectivity index (χ2n) is 2.01. The summed E-state index contributed by atoms with van der Waals surface area (Å²) in [6.07, 6.45) is 0. The van der Waals surface area contributed by atoms with Crippen LogP contribution in [0.4, 0.5) is 5.69 Å². The van der Waals surface area contributed by atoms with Crippen molar-refractivity contribution < 1.29 is 5.48 Å². The van der Waals surface area contributed by atoms with Gasteiger partial charge >= 0.3 is 0 Å². The highest BCUT2D eigenvalue weighted by Gasteiger charge is 1.88. The third kappa shape index (κ3) is 3.36. The first-order valence-electron chi connectivity index (χ1n) is 3.03. The summed E-state index contributed by atoms with van der Waals surface area (Å²) in [7, 11) is 0. The van der Waals surface area contributed by atoms with Crippen LogP contribution in [0.2, 0.25) is 0 Å². The molecule has 5 heteroatoms. The van der Waals surface area contributed by atoms with Crippen molar-refractivity contribution in [2.45, 2.75) is 0 Å². The molecular formula is C7H10BrN3O. The fourth-order valence-corrected chi connectivity index (χ4v) is 0.929. The number of hydrogen-bond donors (Lipinski definition) is 2. The van der Waals surface area contributed by atoms with Crippen molar-refractivity contribution in [2.75, 3.05) is 0 Å². The predicted molar refractivity (Wildman–Crippen MR) is 53.2 cm³/mol. The Kier molecular flexibility index (Phi) is 4.31. The Morgan fingerprint density at radius 2 is 1.67 bits per heavy atom. The number of rotatable bonds is 1. The number of guanidine groups is 1. The van der Waals surface area contributed by atoms with Crippen molar-refractivity contribution in [3.05, 3.63) is 28.7 Å². The maximum absolute atomic E-state index is 5.18. The molecule has 0 aliphatic rings. The van der Waals surface area contributed by atoms with Crippen molar-refractivity contribution in [1.82, 2.24) is 0 Å². The highest BCUT2D eigenvalue weighted by atomic mass is 79.9. The monoisotopic (exact) mass is 231 g/mol. The summed E-state index contributed by atoms with van der Waals surface area (Å²) >= 11 is 3.30. The van der Waals surface area contributed by atoms with Gasteiger partial charge in [-0.2, -0.15) is 0 Å². The molecule has 0 spiro atoms. The van der Waals surface area contributed by atoms with E-state index in [1.807, 2.05) is 24.3 Å². The van der Waals surface area contributed by atoms with Crippen molar-refractivity contribution in [1.29, 1.82) is 0 Å². The zero-order valence-electron chi connectivity index (χ0n) is 6.29. The van der Waals surface area contributed by atoms with Gasteiger partial charge in [0, 0.05) is 4.47 Å². The maximum Gasteiger partial charge on any atom is 0.191 e. The molecule has 66 valence electrons. The second-order valence-corrected chi connectivity index (χ2v) is 2.93. The molecule has 0 unspecified atom stereocenters. The van der Waals surface area contributed by atoms with Gasteiger partial charge in [-0.15, -0.1) is 0 Å². The summed E-state index contributed by atoms with van der Waals surface area (Å²) in [5, 5.41) is 0. The quantitative estimate of drug-likeness (QED) is 0.545. The molecule has 0 fully saturated rings. The van der Waals surface area contributed by atoms with Crippen LogP contribution in [0, 0.1) is 0 Å². The molecule has 0 aliphatic carbocycles. The maximum atomic E-state index is 5.18. The molecule has 12 heavy (non-hydrogen) atoms. The Morgan fingerprint density at radius 1 is 1.17 bits per heavy atom. The molecule has 1 rings (SSSR count). The summed E-state index contributed by atoms with van der Waals surface area (Å²) in [5.41, 5.74) is 11.1. The van der Waals surface area contributed by atoms with E-state index in [4.69, 9.17) is 11.5 Å². The van der Waals surface area contributed by atoms with Gasteiger partial charge in [-0.05, 0) is 24.3 Å². The lowest BCUT2D eigenvalue weighted by Crippen LogP contribution is -2.21. The number of nitrogens with zero attached hydrogens (tertiary/aromatic N) is 1. The number of hydrogen-bond acceptors (Lipinski definition) is 1. The number of halogens is 1. The van der Waals surface area contributed by atoms with Crippen LogP contribution in [0.3, 0.4) is 0 Å². The SMILES string of the molecule is NC(N)=Nc1ccc(Br)cc1.O. The number of benzene rings is 1. The summed E-state index contributed by atoms with van der Waals surface area (Å²) in [6, 6.07) is 7.40. The van der Waals surface area contributed by atoms with Crippen molar-refractivity contribution in [2.24, 2.45) is 16.5 Å². The van der Waals surface area contributed by atoms with Crippen LogP contribution in [-0.4, -0.2) is 11.4 Å². The third-order valence-corrected chi connectivity index (χ3v) is 1.61. The molecule has 6 N–H and O–H groups in total. The van der Waals surface area contributed by atoms with Gasteiger partial charge in [0.25, 0.3) is 0 Å². The number of nitrogens with two attached hydrogens (primary N) is 2. The Bertz CT molecular complexity index is 266. The minimum atomic E-state index is 0. The molecule has 0 atom stereocenters. The van der Waals surface area contributed by atoms with Gasteiger partial charge in [0.05, 0.1) is 5.69 Å². The van der Waals surface area contributed by atoms with Crippen molar-refractivity contribution in [3.8, 4) is 0 Å². The van der Waals surface area contributed by atoms with E-state index in [9.17, 15) is 0 Å². The Hall–Kier alpha value is -1.07. The fraction of sp³-hybridized carbons (Fsp3) is 0. The normalized spacial score (nSPS) is 8.42. The summed E-state index contributed by atoms with van der Waals surface area (Å²) in [4.78, 5) is 3.85. The van der Waals surface area contributed by atoms with Crippen LogP contribution < -0.4 is 11.5 Å². The van der Waals surface area contributed by atoms with E-state index < -0.39 is 0 Å². The van der Waals surface area contributed by atoms with E-state index in [1.54, 1.807) is 0 Å². The molecule has 0 aliphatic heterocycles. The van der Waals surface area contributed by atoms with E-state index in [2.05, 4.69) is 20.9 Å². The Morgan fingerprint density at radius 3 is 2.08 bits per heavy atom. The minimum absolute atomic E-state index is 0. The fourth-order valence-electron chi connectivity index (χ4n) is 0.665. The molecule has 4 nitrogen and oxygen atoms in total. The van der Waals surface area contributed by atoms with Gasteiger partial charge in [-0.25, -0.2) is 4.99 Å². The first-order chi connectivity index (χ1) is 5.18. The largest absolute Gasteiger partial charge is 0.412 e. The van der Waals surface area contributed by atoms with E-state index in [1.165, 1.54) is 0 Å². The molecule has 0 aromatic heterocycles. The summed E-state index contributed by atoms with van der Waals surface area (Å²) in [6.45, 7) is 0. The first-order valence-corrected chi connectivity index (χ1v) is 3.83. The molecule has 0 saturated heterocycles. The van der Waals surface area contributed by atoms with Crippen molar-refractivity contribution >= 4 is 27.6 Å².